The number of hydrogen-bond acceptors (Lipinski definition) is 4. The predicted octanol–water partition coefficient (Wildman–Crippen LogP) is 3.00. The van der Waals surface area contributed by atoms with Crippen molar-refractivity contribution >= 4 is 24.0 Å². The fourth-order valence-electron chi connectivity index (χ4n) is 4.03. The van der Waals surface area contributed by atoms with Gasteiger partial charge in [0.15, 0.2) is 0 Å². The second kappa shape index (κ2) is 8.45. The number of aromatic nitrogens is 2. The lowest BCUT2D eigenvalue weighted by Crippen LogP contribution is -2.43. The Morgan fingerprint density at radius 3 is 2.60 bits per heavy atom. The van der Waals surface area contributed by atoms with Crippen LogP contribution in [-0.4, -0.2) is 48.6 Å². The number of H-pyrrole nitrogens is 1. The Morgan fingerprint density at radius 2 is 1.83 bits per heavy atom. The molecule has 30 heavy (non-hydrogen) atoms. The maximum absolute atomic E-state index is 14.9. The number of anilines is 1. The lowest BCUT2D eigenvalue weighted by Gasteiger charge is -2.29. The molecule has 0 saturated carbocycles. The minimum absolute atomic E-state index is 0. The number of fused-ring (bicyclic) bond motifs is 1. The van der Waals surface area contributed by atoms with Crippen LogP contribution in [0.1, 0.15) is 16.1 Å². The van der Waals surface area contributed by atoms with Crippen molar-refractivity contribution < 1.29 is 9.18 Å². The molecule has 3 N–H and O–H groups in total. The second-order valence-electron chi connectivity index (χ2n) is 7.41. The van der Waals surface area contributed by atoms with Gasteiger partial charge in [-0.2, -0.15) is 0 Å². The Morgan fingerprint density at radius 1 is 1.00 bits per heavy atom. The number of pyridine rings is 1. The van der Waals surface area contributed by atoms with Crippen LogP contribution in [-0.2, 0) is 6.42 Å². The van der Waals surface area contributed by atoms with Crippen LogP contribution >= 0.6 is 12.4 Å². The van der Waals surface area contributed by atoms with E-state index in [0.29, 0.717) is 23.4 Å². The van der Waals surface area contributed by atoms with Crippen LogP contribution in [0.5, 0.6) is 0 Å². The third kappa shape index (κ3) is 3.78. The first-order valence-electron chi connectivity index (χ1n) is 9.91. The Labute approximate surface area is 180 Å². The van der Waals surface area contributed by atoms with Crippen molar-refractivity contribution in [1.82, 2.24) is 20.6 Å². The highest BCUT2D eigenvalue weighted by Gasteiger charge is 2.20. The highest BCUT2D eigenvalue weighted by Crippen LogP contribution is 2.30. The number of amides is 1. The zero-order valence-electron chi connectivity index (χ0n) is 16.4. The first-order valence-corrected chi connectivity index (χ1v) is 9.91. The molecule has 0 atom stereocenters. The first-order chi connectivity index (χ1) is 14.2. The van der Waals surface area contributed by atoms with Gasteiger partial charge in [0.05, 0.1) is 11.3 Å². The molecule has 2 aliphatic heterocycles. The van der Waals surface area contributed by atoms with E-state index < -0.39 is 0 Å². The molecule has 156 valence electrons. The summed E-state index contributed by atoms with van der Waals surface area (Å²) in [5.41, 5.74) is 5.27. The molecule has 1 fully saturated rings. The minimum Gasteiger partial charge on any atom is -0.369 e. The van der Waals surface area contributed by atoms with Gasteiger partial charge in [0.1, 0.15) is 5.82 Å². The van der Waals surface area contributed by atoms with E-state index in [2.05, 4.69) is 25.5 Å². The molecule has 2 aromatic heterocycles. The van der Waals surface area contributed by atoms with Gasteiger partial charge in [-0.25, -0.2) is 4.39 Å². The van der Waals surface area contributed by atoms with Gasteiger partial charge in [0.25, 0.3) is 5.91 Å². The summed E-state index contributed by atoms with van der Waals surface area (Å²) in [6.07, 6.45) is 2.45. The molecule has 0 radical (unpaired) electrons. The van der Waals surface area contributed by atoms with E-state index >= 15 is 0 Å². The van der Waals surface area contributed by atoms with E-state index in [9.17, 15) is 9.18 Å². The Balaban J connectivity index is 0.00000218. The second-order valence-corrected chi connectivity index (χ2v) is 7.41. The number of nitrogens with zero attached hydrogens (tertiary/aromatic N) is 2. The molecule has 4 heterocycles. The van der Waals surface area contributed by atoms with Crippen molar-refractivity contribution in [2.75, 3.05) is 37.6 Å². The maximum atomic E-state index is 14.9. The van der Waals surface area contributed by atoms with Crippen molar-refractivity contribution in [3.8, 4) is 22.5 Å². The largest absolute Gasteiger partial charge is 0.369 e. The average Bonchev–Trinajstić information content (AvgIpc) is 3.20. The van der Waals surface area contributed by atoms with Gasteiger partial charge in [-0.05, 0) is 36.4 Å². The number of carbonyl (C=O) groups is 1. The number of halogens is 2. The van der Waals surface area contributed by atoms with Crippen molar-refractivity contribution in [1.29, 1.82) is 0 Å². The molecular formula is C22H23ClFN5O. The van der Waals surface area contributed by atoms with Crippen molar-refractivity contribution in [2.24, 2.45) is 0 Å². The molecular weight excluding hydrogens is 405 g/mol. The van der Waals surface area contributed by atoms with Gasteiger partial charge >= 0.3 is 0 Å². The van der Waals surface area contributed by atoms with Crippen LogP contribution in [0.4, 0.5) is 10.1 Å². The molecule has 1 amide bonds. The predicted molar refractivity (Wildman–Crippen MR) is 118 cm³/mol. The fraction of sp³-hybridized carbons (Fsp3) is 0.273. The van der Waals surface area contributed by atoms with E-state index in [1.165, 1.54) is 0 Å². The molecule has 0 aliphatic carbocycles. The average molecular weight is 428 g/mol. The van der Waals surface area contributed by atoms with E-state index in [4.69, 9.17) is 0 Å². The highest BCUT2D eigenvalue weighted by atomic mass is 35.5. The molecule has 0 bridgehead atoms. The van der Waals surface area contributed by atoms with Crippen LogP contribution in [0, 0.1) is 5.82 Å². The van der Waals surface area contributed by atoms with Crippen LogP contribution in [0.3, 0.4) is 0 Å². The molecule has 0 unspecified atom stereocenters. The summed E-state index contributed by atoms with van der Waals surface area (Å²) in [5, 5.41) is 6.16. The molecule has 1 saturated heterocycles. The van der Waals surface area contributed by atoms with Gasteiger partial charge in [-0.15, -0.1) is 12.4 Å². The summed E-state index contributed by atoms with van der Waals surface area (Å²) in [7, 11) is 0. The summed E-state index contributed by atoms with van der Waals surface area (Å²) in [6, 6.07) is 10.9. The normalized spacial score (nSPS) is 15.9. The monoisotopic (exact) mass is 427 g/mol. The summed E-state index contributed by atoms with van der Waals surface area (Å²) in [5.74, 6) is -0.339. The smallest absolute Gasteiger partial charge is 0.253 e. The van der Waals surface area contributed by atoms with Gasteiger partial charge in [-0.3, -0.25) is 9.78 Å². The number of aromatic amines is 1. The number of benzene rings is 1. The molecule has 3 aromatic rings. The number of hydrogen-bond donors (Lipinski definition) is 3. The summed E-state index contributed by atoms with van der Waals surface area (Å²) in [4.78, 5) is 21.9. The van der Waals surface area contributed by atoms with Gasteiger partial charge in [-0.1, -0.05) is 0 Å². The standard InChI is InChI=1S/C22H22FN5O.ClH/c23-18-12-15(28-9-7-24-8-10-28)1-2-16(18)21-11-14(3-5-25-21)20-13-17-19(27-20)4-6-26-22(17)29;/h1-3,5,11-13,24,27H,4,6-10H2,(H,26,29);1H. The van der Waals surface area contributed by atoms with Crippen molar-refractivity contribution in [3.05, 3.63) is 59.7 Å². The topological polar surface area (TPSA) is 73.0 Å². The SMILES string of the molecule is Cl.O=C1NCCc2[nH]c(-c3ccnc(-c4ccc(N5CCNCC5)cc4F)c3)cc21. The van der Waals surface area contributed by atoms with Gasteiger partial charge in [0, 0.05) is 73.5 Å². The van der Waals surface area contributed by atoms with Crippen LogP contribution < -0.4 is 15.5 Å². The lowest BCUT2D eigenvalue weighted by molar-refractivity contribution is 0.0946. The van der Waals surface area contributed by atoms with Crippen molar-refractivity contribution in [3.63, 3.8) is 0 Å². The lowest BCUT2D eigenvalue weighted by atomic mass is 10.1. The molecule has 0 spiro atoms. The molecule has 2 aliphatic rings. The van der Waals surface area contributed by atoms with E-state index in [0.717, 1.165) is 55.2 Å². The molecule has 5 rings (SSSR count). The van der Waals surface area contributed by atoms with E-state index in [1.807, 2.05) is 24.3 Å². The third-order valence-corrected chi connectivity index (χ3v) is 5.59. The zero-order valence-corrected chi connectivity index (χ0v) is 17.2. The fourth-order valence-corrected chi connectivity index (χ4v) is 4.03. The molecule has 6 nitrogen and oxygen atoms in total. The molecule has 8 heteroatoms. The number of nitrogens with one attached hydrogen (secondary N) is 3. The van der Waals surface area contributed by atoms with Crippen LogP contribution in [0.15, 0.2) is 42.6 Å². The summed E-state index contributed by atoms with van der Waals surface area (Å²) >= 11 is 0. The maximum Gasteiger partial charge on any atom is 0.253 e. The van der Waals surface area contributed by atoms with Gasteiger partial charge in [0.2, 0.25) is 0 Å². The Kier molecular flexibility index (Phi) is 5.74. The Bertz CT molecular complexity index is 1080. The third-order valence-electron chi connectivity index (χ3n) is 5.59. The minimum atomic E-state index is -0.282. The van der Waals surface area contributed by atoms with E-state index in [1.54, 1.807) is 18.3 Å². The van der Waals surface area contributed by atoms with Crippen LogP contribution in [0.25, 0.3) is 22.5 Å². The van der Waals surface area contributed by atoms with Crippen molar-refractivity contribution in [2.45, 2.75) is 6.42 Å². The quantitative estimate of drug-likeness (QED) is 0.600. The van der Waals surface area contributed by atoms with E-state index in [-0.39, 0.29) is 24.1 Å². The number of rotatable bonds is 3. The van der Waals surface area contributed by atoms with Gasteiger partial charge < -0.3 is 20.5 Å². The number of piperazine rings is 1. The highest BCUT2D eigenvalue weighted by molar-refractivity contribution is 5.97. The van der Waals surface area contributed by atoms with Crippen LogP contribution in [0.2, 0.25) is 0 Å². The molecule has 1 aromatic carbocycles. The summed E-state index contributed by atoms with van der Waals surface area (Å²) < 4.78 is 14.9. The first kappa shape index (κ1) is 20.4. The Hall–Kier alpha value is -2.90. The summed E-state index contributed by atoms with van der Waals surface area (Å²) in [6.45, 7) is 4.20. The number of carbonyl (C=O) groups excluding carboxylic acids is 1. The zero-order chi connectivity index (χ0) is 19.8.